The van der Waals surface area contributed by atoms with Gasteiger partial charge in [-0.2, -0.15) is 0 Å². The Bertz CT molecular complexity index is 184. The molecule has 2 rings (SSSR count). The second kappa shape index (κ2) is 3.29. The van der Waals surface area contributed by atoms with Gasteiger partial charge in [-0.05, 0) is 48.9 Å². The molecule has 0 aromatic heterocycles. The van der Waals surface area contributed by atoms with E-state index in [4.69, 9.17) is 0 Å². The molecule has 2 fully saturated rings. The summed E-state index contributed by atoms with van der Waals surface area (Å²) in [6.07, 6.45) is 9.02. The van der Waals surface area contributed by atoms with Gasteiger partial charge >= 0.3 is 0 Å². The van der Waals surface area contributed by atoms with Crippen LogP contribution < -0.4 is 0 Å². The Morgan fingerprint density at radius 2 is 1.77 bits per heavy atom. The second-order valence-corrected chi connectivity index (χ2v) is 6.12. The highest BCUT2D eigenvalue weighted by Crippen LogP contribution is 2.52. The van der Waals surface area contributed by atoms with Gasteiger partial charge in [0.15, 0.2) is 0 Å². The molecule has 2 aliphatic rings. The number of fused-ring (bicyclic) bond motifs is 1. The van der Waals surface area contributed by atoms with Crippen molar-refractivity contribution in [1.29, 1.82) is 0 Å². The summed E-state index contributed by atoms with van der Waals surface area (Å²) in [7, 11) is 0. The summed E-state index contributed by atoms with van der Waals surface area (Å²) in [6, 6.07) is 0. The molecule has 0 amide bonds. The zero-order chi connectivity index (χ0) is 9.47. The van der Waals surface area contributed by atoms with E-state index < -0.39 is 0 Å². The van der Waals surface area contributed by atoms with Crippen LogP contribution in [0.2, 0.25) is 0 Å². The Morgan fingerprint density at radius 3 is 2.54 bits per heavy atom. The summed E-state index contributed by atoms with van der Waals surface area (Å²) in [5, 5.41) is 0. The van der Waals surface area contributed by atoms with Gasteiger partial charge in [0, 0.05) is 0 Å². The van der Waals surface area contributed by atoms with Crippen LogP contribution in [0.3, 0.4) is 0 Å². The predicted octanol–water partition coefficient (Wildman–Crippen LogP) is 4.25. The average Bonchev–Trinajstić information content (AvgIpc) is 2.06. The summed E-state index contributed by atoms with van der Waals surface area (Å²) in [4.78, 5) is 0. The second-order valence-electron chi connectivity index (χ2n) is 6.12. The molecule has 0 bridgehead atoms. The molecule has 0 heteroatoms. The van der Waals surface area contributed by atoms with Crippen LogP contribution in [-0.4, -0.2) is 0 Å². The summed E-state index contributed by atoms with van der Waals surface area (Å²) in [5.41, 5.74) is 0.726. The summed E-state index contributed by atoms with van der Waals surface area (Å²) >= 11 is 0. The van der Waals surface area contributed by atoms with Gasteiger partial charge in [-0.15, -0.1) is 0 Å². The first-order chi connectivity index (χ1) is 6.10. The van der Waals surface area contributed by atoms with Gasteiger partial charge in [-0.1, -0.05) is 33.6 Å². The molecule has 0 spiro atoms. The maximum Gasteiger partial charge on any atom is -0.0295 e. The molecule has 76 valence electrons. The van der Waals surface area contributed by atoms with Gasteiger partial charge < -0.3 is 0 Å². The Morgan fingerprint density at radius 1 is 1.00 bits per heavy atom. The Hall–Kier alpha value is 0. The van der Waals surface area contributed by atoms with Gasteiger partial charge in [0.25, 0.3) is 0 Å². The minimum atomic E-state index is 0.726. The highest BCUT2D eigenvalue weighted by atomic mass is 14.5. The van der Waals surface area contributed by atoms with Gasteiger partial charge in [-0.3, -0.25) is 0 Å². The fourth-order valence-electron chi connectivity index (χ4n) is 3.79. The lowest BCUT2D eigenvalue weighted by atomic mass is 9.57. The van der Waals surface area contributed by atoms with Crippen molar-refractivity contribution in [3.63, 3.8) is 0 Å². The fourth-order valence-corrected chi connectivity index (χ4v) is 3.79. The van der Waals surface area contributed by atoms with Crippen LogP contribution in [0, 0.1) is 23.2 Å². The first-order valence-electron chi connectivity index (χ1n) is 6.10. The standard InChI is InChI=1S/C13H24/c1-10-6-7-13(3)9-11(2)4-5-12(13)8-10/h10-12H,4-9H2,1-3H3/t10-,11+,12+,13-/m1/s1. The molecular weight excluding hydrogens is 156 g/mol. The van der Waals surface area contributed by atoms with Crippen molar-refractivity contribution in [3.05, 3.63) is 0 Å². The van der Waals surface area contributed by atoms with Crippen LogP contribution >= 0.6 is 0 Å². The van der Waals surface area contributed by atoms with Crippen LogP contribution in [0.5, 0.6) is 0 Å². The topological polar surface area (TPSA) is 0 Å². The van der Waals surface area contributed by atoms with Crippen molar-refractivity contribution in [2.24, 2.45) is 23.2 Å². The van der Waals surface area contributed by atoms with E-state index in [9.17, 15) is 0 Å². The van der Waals surface area contributed by atoms with Crippen LogP contribution in [0.15, 0.2) is 0 Å². The lowest BCUT2D eigenvalue weighted by Gasteiger charge is -2.49. The minimum absolute atomic E-state index is 0.726. The van der Waals surface area contributed by atoms with E-state index in [1.54, 1.807) is 0 Å². The lowest BCUT2D eigenvalue weighted by molar-refractivity contribution is 0.0193. The van der Waals surface area contributed by atoms with Crippen molar-refractivity contribution < 1.29 is 0 Å². The fraction of sp³-hybridized carbons (Fsp3) is 1.00. The quantitative estimate of drug-likeness (QED) is 0.523. The maximum absolute atomic E-state index is 2.55. The van der Waals surface area contributed by atoms with Crippen LogP contribution in [0.1, 0.15) is 59.3 Å². The summed E-state index contributed by atoms with van der Waals surface area (Å²) in [5.74, 6) is 3.06. The molecule has 0 saturated heterocycles. The zero-order valence-electron chi connectivity index (χ0n) is 9.47. The highest BCUT2D eigenvalue weighted by Gasteiger charge is 2.41. The third-order valence-corrected chi connectivity index (χ3v) is 4.70. The molecule has 0 radical (unpaired) electrons. The molecule has 2 aliphatic carbocycles. The van der Waals surface area contributed by atoms with Gasteiger partial charge in [-0.25, -0.2) is 0 Å². The smallest absolute Gasteiger partial charge is 0.0295 e. The average molecular weight is 180 g/mol. The minimum Gasteiger partial charge on any atom is -0.0625 e. The van der Waals surface area contributed by atoms with E-state index in [0.717, 1.165) is 23.2 Å². The largest absolute Gasteiger partial charge is 0.0625 e. The van der Waals surface area contributed by atoms with E-state index in [1.165, 1.54) is 38.5 Å². The number of hydrogen-bond donors (Lipinski definition) is 0. The number of rotatable bonds is 0. The number of hydrogen-bond acceptors (Lipinski definition) is 0. The molecule has 0 aromatic carbocycles. The molecular formula is C13H24. The molecule has 0 aliphatic heterocycles. The molecule has 0 nitrogen and oxygen atoms in total. The van der Waals surface area contributed by atoms with E-state index in [-0.39, 0.29) is 0 Å². The van der Waals surface area contributed by atoms with E-state index in [1.807, 2.05) is 0 Å². The molecule has 4 atom stereocenters. The summed E-state index contributed by atoms with van der Waals surface area (Å²) < 4.78 is 0. The van der Waals surface area contributed by atoms with Crippen LogP contribution in [0.25, 0.3) is 0 Å². The van der Waals surface area contributed by atoms with Gasteiger partial charge in [0.05, 0.1) is 0 Å². The van der Waals surface area contributed by atoms with Crippen molar-refractivity contribution in [1.82, 2.24) is 0 Å². The lowest BCUT2D eigenvalue weighted by Crippen LogP contribution is -2.38. The SMILES string of the molecule is C[C@@H]1CC[C@]2(C)C[C@@H](C)CC[C@H]2C1. The van der Waals surface area contributed by atoms with Crippen molar-refractivity contribution >= 4 is 0 Å². The molecule has 0 unspecified atom stereocenters. The molecule has 0 N–H and O–H groups in total. The maximum atomic E-state index is 2.55. The molecule has 0 heterocycles. The Kier molecular flexibility index (Phi) is 2.42. The molecule has 13 heavy (non-hydrogen) atoms. The third-order valence-electron chi connectivity index (χ3n) is 4.70. The van der Waals surface area contributed by atoms with Crippen LogP contribution in [0.4, 0.5) is 0 Å². The van der Waals surface area contributed by atoms with Crippen molar-refractivity contribution in [3.8, 4) is 0 Å². The highest BCUT2D eigenvalue weighted by molar-refractivity contribution is 4.92. The zero-order valence-corrected chi connectivity index (χ0v) is 9.47. The van der Waals surface area contributed by atoms with Crippen LogP contribution in [-0.2, 0) is 0 Å². The van der Waals surface area contributed by atoms with E-state index >= 15 is 0 Å². The summed E-state index contributed by atoms with van der Waals surface area (Å²) in [6.45, 7) is 7.44. The van der Waals surface area contributed by atoms with Crippen molar-refractivity contribution in [2.75, 3.05) is 0 Å². The van der Waals surface area contributed by atoms with Gasteiger partial charge in [0.1, 0.15) is 0 Å². The Labute approximate surface area is 83.1 Å². The third kappa shape index (κ3) is 1.78. The Balaban J connectivity index is 2.07. The van der Waals surface area contributed by atoms with Gasteiger partial charge in [0.2, 0.25) is 0 Å². The first kappa shape index (κ1) is 9.55. The van der Waals surface area contributed by atoms with Crippen molar-refractivity contribution in [2.45, 2.75) is 59.3 Å². The first-order valence-corrected chi connectivity index (χ1v) is 6.10. The predicted molar refractivity (Wildman–Crippen MR) is 57.6 cm³/mol. The van der Waals surface area contributed by atoms with E-state index in [2.05, 4.69) is 20.8 Å². The molecule has 0 aromatic rings. The normalized spacial score (nSPS) is 51.5. The molecule has 2 saturated carbocycles. The monoisotopic (exact) mass is 180 g/mol. The van der Waals surface area contributed by atoms with E-state index in [0.29, 0.717) is 0 Å².